The van der Waals surface area contributed by atoms with E-state index in [4.69, 9.17) is 5.26 Å². The Labute approximate surface area is 109 Å². The standard InChI is InChI=1S/C15H21N3/c1-2-4-12-6-8-13(9-7-12)18-14-5-3-10-17-15(14)11-16/h3,5,10,12-13,18H,2,4,6-9H2,1H3. The van der Waals surface area contributed by atoms with Crippen LogP contribution in [0.3, 0.4) is 0 Å². The second-order valence-corrected chi connectivity index (χ2v) is 5.16. The van der Waals surface area contributed by atoms with Gasteiger partial charge in [-0.25, -0.2) is 4.98 Å². The molecule has 0 aliphatic heterocycles. The number of nitriles is 1. The van der Waals surface area contributed by atoms with E-state index in [1.54, 1.807) is 6.20 Å². The lowest BCUT2D eigenvalue weighted by atomic mass is 9.83. The van der Waals surface area contributed by atoms with Gasteiger partial charge in [-0.3, -0.25) is 0 Å². The van der Waals surface area contributed by atoms with E-state index >= 15 is 0 Å². The zero-order chi connectivity index (χ0) is 12.8. The Morgan fingerprint density at radius 3 is 2.83 bits per heavy atom. The minimum absolute atomic E-state index is 0.508. The molecule has 0 aromatic carbocycles. The smallest absolute Gasteiger partial charge is 0.163 e. The summed E-state index contributed by atoms with van der Waals surface area (Å²) >= 11 is 0. The highest BCUT2D eigenvalue weighted by Gasteiger charge is 2.20. The normalized spacial score (nSPS) is 23.3. The topological polar surface area (TPSA) is 48.7 Å². The number of nitrogens with one attached hydrogen (secondary N) is 1. The maximum absolute atomic E-state index is 9.01. The minimum Gasteiger partial charge on any atom is -0.380 e. The number of rotatable bonds is 4. The van der Waals surface area contributed by atoms with E-state index in [2.05, 4.69) is 23.3 Å². The number of nitrogens with zero attached hydrogens (tertiary/aromatic N) is 2. The van der Waals surface area contributed by atoms with Crippen LogP contribution in [0.5, 0.6) is 0 Å². The molecule has 0 atom stereocenters. The molecule has 0 amide bonds. The first kappa shape index (κ1) is 12.9. The molecule has 18 heavy (non-hydrogen) atoms. The third kappa shape index (κ3) is 3.22. The molecule has 3 heteroatoms. The van der Waals surface area contributed by atoms with Gasteiger partial charge in [0.05, 0.1) is 5.69 Å². The number of aromatic nitrogens is 1. The third-order valence-electron chi connectivity index (χ3n) is 3.82. The van der Waals surface area contributed by atoms with Crippen molar-refractivity contribution < 1.29 is 0 Å². The molecule has 1 aliphatic carbocycles. The summed E-state index contributed by atoms with van der Waals surface area (Å²) in [7, 11) is 0. The molecule has 2 rings (SSSR count). The second kappa shape index (κ2) is 6.39. The van der Waals surface area contributed by atoms with Crippen LogP contribution in [0, 0.1) is 17.2 Å². The Balaban J connectivity index is 1.90. The molecule has 0 unspecified atom stereocenters. The van der Waals surface area contributed by atoms with Gasteiger partial charge in [0.15, 0.2) is 5.69 Å². The van der Waals surface area contributed by atoms with E-state index in [0.29, 0.717) is 11.7 Å². The van der Waals surface area contributed by atoms with Crippen LogP contribution in [0.25, 0.3) is 0 Å². The molecule has 1 aromatic heterocycles. The summed E-state index contributed by atoms with van der Waals surface area (Å²) in [5.41, 5.74) is 1.40. The van der Waals surface area contributed by atoms with Crippen LogP contribution >= 0.6 is 0 Å². The van der Waals surface area contributed by atoms with Gasteiger partial charge < -0.3 is 5.32 Å². The summed E-state index contributed by atoms with van der Waals surface area (Å²) in [4.78, 5) is 4.08. The summed E-state index contributed by atoms with van der Waals surface area (Å²) in [6.45, 7) is 2.26. The first-order valence-corrected chi connectivity index (χ1v) is 6.95. The summed E-state index contributed by atoms with van der Waals surface area (Å²) in [6, 6.07) is 6.48. The van der Waals surface area contributed by atoms with E-state index in [1.807, 2.05) is 12.1 Å². The maximum Gasteiger partial charge on any atom is 0.163 e. The molecule has 0 spiro atoms. The highest BCUT2D eigenvalue weighted by Crippen LogP contribution is 2.29. The Hall–Kier alpha value is -1.56. The van der Waals surface area contributed by atoms with Gasteiger partial charge in [-0.1, -0.05) is 19.8 Å². The van der Waals surface area contributed by atoms with Gasteiger partial charge in [-0.15, -0.1) is 0 Å². The minimum atomic E-state index is 0.508. The zero-order valence-corrected chi connectivity index (χ0v) is 11.0. The van der Waals surface area contributed by atoms with Crippen molar-refractivity contribution in [3.05, 3.63) is 24.0 Å². The molecule has 96 valence electrons. The van der Waals surface area contributed by atoms with Crippen molar-refractivity contribution in [2.75, 3.05) is 5.32 Å². The quantitative estimate of drug-likeness (QED) is 0.876. The van der Waals surface area contributed by atoms with Crippen LogP contribution in [-0.4, -0.2) is 11.0 Å². The molecule has 1 N–H and O–H groups in total. The van der Waals surface area contributed by atoms with Crippen molar-refractivity contribution in [2.24, 2.45) is 5.92 Å². The van der Waals surface area contributed by atoms with Crippen molar-refractivity contribution in [3.63, 3.8) is 0 Å². The highest BCUT2D eigenvalue weighted by molar-refractivity contribution is 5.53. The van der Waals surface area contributed by atoms with Gasteiger partial charge in [-0.2, -0.15) is 5.26 Å². The summed E-state index contributed by atoms with van der Waals surface area (Å²) < 4.78 is 0. The van der Waals surface area contributed by atoms with Crippen LogP contribution < -0.4 is 5.32 Å². The largest absolute Gasteiger partial charge is 0.380 e. The molecule has 1 saturated carbocycles. The number of hydrogen-bond acceptors (Lipinski definition) is 3. The Bertz CT molecular complexity index is 414. The van der Waals surface area contributed by atoms with Gasteiger partial charge in [0, 0.05) is 12.2 Å². The summed E-state index contributed by atoms with van der Waals surface area (Å²) in [5.74, 6) is 0.914. The average Bonchev–Trinajstić information content (AvgIpc) is 2.42. The maximum atomic E-state index is 9.01. The SMILES string of the molecule is CCCC1CCC(Nc2cccnc2C#N)CC1. The lowest BCUT2D eigenvalue weighted by Gasteiger charge is -2.29. The van der Waals surface area contributed by atoms with Crippen molar-refractivity contribution in [3.8, 4) is 6.07 Å². The second-order valence-electron chi connectivity index (χ2n) is 5.16. The van der Waals surface area contributed by atoms with Crippen molar-refractivity contribution in [2.45, 2.75) is 51.5 Å². The van der Waals surface area contributed by atoms with E-state index in [-0.39, 0.29) is 0 Å². The Morgan fingerprint density at radius 2 is 2.17 bits per heavy atom. The molecule has 0 saturated heterocycles. The molecule has 0 radical (unpaired) electrons. The van der Waals surface area contributed by atoms with E-state index in [1.165, 1.54) is 38.5 Å². The van der Waals surface area contributed by atoms with Gasteiger partial charge in [-0.05, 0) is 43.7 Å². The third-order valence-corrected chi connectivity index (χ3v) is 3.82. The van der Waals surface area contributed by atoms with Crippen molar-refractivity contribution in [1.82, 2.24) is 4.98 Å². The predicted octanol–water partition coefficient (Wildman–Crippen LogP) is 3.72. The van der Waals surface area contributed by atoms with Gasteiger partial charge >= 0.3 is 0 Å². The van der Waals surface area contributed by atoms with Gasteiger partial charge in [0.2, 0.25) is 0 Å². The highest BCUT2D eigenvalue weighted by atomic mass is 14.9. The molecular weight excluding hydrogens is 222 g/mol. The number of pyridine rings is 1. The Morgan fingerprint density at radius 1 is 1.39 bits per heavy atom. The predicted molar refractivity (Wildman–Crippen MR) is 73.2 cm³/mol. The molecule has 1 aliphatic rings. The first-order valence-electron chi connectivity index (χ1n) is 6.95. The van der Waals surface area contributed by atoms with Crippen molar-refractivity contribution >= 4 is 5.69 Å². The summed E-state index contributed by atoms with van der Waals surface area (Å²) in [6.07, 6.45) is 9.38. The fourth-order valence-electron chi connectivity index (χ4n) is 2.83. The van der Waals surface area contributed by atoms with E-state index in [0.717, 1.165) is 11.6 Å². The molecule has 1 heterocycles. The molecular formula is C15H21N3. The number of hydrogen-bond donors (Lipinski definition) is 1. The van der Waals surface area contributed by atoms with Crippen molar-refractivity contribution in [1.29, 1.82) is 5.26 Å². The fourth-order valence-corrected chi connectivity index (χ4v) is 2.83. The van der Waals surface area contributed by atoms with Gasteiger partial charge in [0.25, 0.3) is 0 Å². The van der Waals surface area contributed by atoms with E-state index < -0.39 is 0 Å². The van der Waals surface area contributed by atoms with Crippen LogP contribution in [0.15, 0.2) is 18.3 Å². The van der Waals surface area contributed by atoms with Crippen LogP contribution in [0.1, 0.15) is 51.1 Å². The fraction of sp³-hybridized carbons (Fsp3) is 0.600. The van der Waals surface area contributed by atoms with E-state index in [9.17, 15) is 0 Å². The molecule has 1 fully saturated rings. The van der Waals surface area contributed by atoms with Crippen LogP contribution in [0.2, 0.25) is 0 Å². The summed E-state index contributed by atoms with van der Waals surface area (Å²) in [5, 5.41) is 12.5. The van der Waals surface area contributed by atoms with Crippen LogP contribution in [0.4, 0.5) is 5.69 Å². The lowest BCUT2D eigenvalue weighted by Crippen LogP contribution is -2.26. The monoisotopic (exact) mass is 243 g/mol. The lowest BCUT2D eigenvalue weighted by molar-refractivity contribution is 0.319. The Kier molecular flexibility index (Phi) is 4.58. The first-order chi connectivity index (χ1) is 8.83. The van der Waals surface area contributed by atoms with Crippen LogP contribution in [-0.2, 0) is 0 Å². The number of anilines is 1. The van der Waals surface area contributed by atoms with Gasteiger partial charge in [0.1, 0.15) is 6.07 Å². The zero-order valence-electron chi connectivity index (χ0n) is 11.0. The molecule has 1 aromatic rings. The average molecular weight is 243 g/mol. The molecule has 3 nitrogen and oxygen atoms in total. The molecule has 0 bridgehead atoms.